The summed E-state index contributed by atoms with van der Waals surface area (Å²) < 4.78 is 6.00. The lowest BCUT2D eigenvalue weighted by Gasteiger charge is -2.38. The Morgan fingerprint density at radius 1 is 0.618 bits per heavy atom. The van der Waals surface area contributed by atoms with Crippen LogP contribution in [0.5, 0.6) is 0 Å². The molecule has 6 rings (SSSR count). The maximum atomic E-state index is 15.7. The Kier molecular flexibility index (Phi) is 24.9. The summed E-state index contributed by atoms with van der Waals surface area (Å²) in [6.07, 6.45) is 0.0191. The SMILES string of the molecule is CCC(C)[C@@H]1NC(=O)[C@@H]2CCCN2C(=O)C(Cc2cccc(-c3ccc(N4CCN(C(C)C)CC4)cc3)c2)N(C)C(=O)C(Cc2ccccc2)NC(=O)CN(C)C(=O)C([C@H](C)CC)OC(=O)[C@H](C(C)(C)O)N(C)C(=O)[C@H](CC(C)C)NC(=O)[C@H](C)N(C)C1=O. The Balaban J connectivity index is 1.43. The second kappa shape index (κ2) is 31.4. The maximum absolute atomic E-state index is 15.7. The molecule has 3 aromatic carbocycles. The highest BCUT2D eigenvalue weighted by Gasteiger charge is 2.47. The second-order valence-corrected chi connectivity index (χ2v) is 26.2. The van der Waals surface area contributed by atoms with Gasteiger partial charge in [-0.15, -0.1) is 0 Å². The van der Waals surface area contributed by atoms with Crippen molar-refractivity contribution in [3.05, 3.63) is 90.0 Å². The quantitative estimate of drug-likeness (QED) is 0.157. The third kappa shape index (κ3) is 17.9. The Morgan fingerprint density at radius 3 is 1.83 bits per heavy atom. The average molecular weight is 1230 g/mol. The molecule has 3 saturated heterocycles. The molecule has 0 saturated carbocycles. The summed E-state index contributed by atoms with van der Waals surface area (Å²) >= 11 is 0. The van der Waals surface area contributed by atoms with Crippen molar-refractivity contribution in [2.75, 3.05) is 72.4 Å². The van der Waals surface area contributed by atoms with Crippen LogP contribution in [0.4, 0.5) is 5.69 Å². The Bertz CT molecular complexity index is 2950. The fourth-order valence-corrected chi connectivity index (χ4v) is 12.2. The summed E-state index contributed by atoms with van der Waals surface area (Å²) in [5, 5.41) is 20.2. The smallest absolute Gasteiger partial charge is 0.332 e. The molecule has 3 heterocycles. The van der Waals surface area contributed by atoms with Crippen LogP contribution in [0.3, 0.4) is 0 Å². The van der Waals surface area contributed by atoms with Crippen LogP contribution in [-0.2, 0) is 60.7 Å². The predicted molar refractivity (Wildman–Crippen MR) is 343 cm³/mol. The number of carbonyl (C=O) groups is 9. The van der Waals surface area contributed by atoms with Crippen LogP contribution >= 0.6 is 0 Å². The van der Waals surface area contributed by atoms with E-state index in [9.17, 15) is 38.7 Å². The summed E-state index contributed by atoms with van der Waals surface area (Å²) in [5.74, 6) is -7.73. The molecule has 0 aliphatic carbocycles. The summed E-state index contributed by atoms with van der Waals surface area (Å²) in [5.41, 5.74) is 2.39. The van der Waals surface area contributed by atoms with Gasteiger partial charge in [0.15, 0.2) is 12.1 Å². The molecule has 0 radical (unpaired) electrons. The number of rotatable bonds is 14. The predicted octanol–water partition coefficient (Wildman–Crippen LogP) is 4.91. The van der Waals surface area contributed by atoms with E-state index < -0.39 is 126 Å². The topological polar surface area (TPSA) is 242 Å². The highest BCUT2D eigenvalue weighted by atomic mass is 16.6. The number of aliphatic hydroxyl groups is 1. The molecule has 0 aromatic heterocycles. The van der Waals surface area contributed by atoms with E-state index in [0.717, 1.165) is 52.8 Å². The van der Waals surface area contributed by atoms with Crippen molar-refractivity contribution in [3.8, 4) is 11.1 Å². The minimum Gasteiger partial charge on any atom is -0.450 e. The molecule has 3 aliphatic rings. The number of hydrogen-bond acceptors (Lipinski definition) is 13. The molecule has 0 spiro atoms. The van der Waals surface area contributed by atoms with Crippen LogP contribution in [-0.4, -0.2) is 215 Å². The molecular weight excluding hydrogens is 1130 g/mol. The van der Waals surface area contributed by atoms with Gasteiger partial charge in [-0.3, -0.25) is 43.3 Å². The minimum atomic E-state index is -1.97. The molecule has 89 heavy (non-hydrogen) atoms. The summed E-state index contributed by atoms with van der Waals surface area (Å²) in [6, 6.07) is 16.7. The highest BCUT2D eigenvalue weighted by molar-refractivity contribution is 5.98. The molecule has 21 nitrogen and oxygen atoms in total. The minimum absolute atomic E-state index is 0.00336. The van der Waals surface area contributed by atoms with Gasteiger partial charge in [-0.1, -0.05) is 115 Å². The first-order valence-corrected chi connectivity index (χ1v) is 31.9. The highest BCUT2D eigenvalue weighted by Crippen LogP contribution is 2.29. The van der Waals surface area contributed by atoms with Gasteiger partial charge >= 0.3 is 5.97 Å². The van der Waals surface area contributed by atoms with Crippen molar-refractivity contribution >= 4 is 58.9 Å². The lowest BCUT2D eigenvalue weighted by Crippen LogP contribution is -2.62. The Morgan fingerprint density at radius 2 is 1.24 bits per heavy atom. The van der Waals surface area contributed by atoms with Crippen molar-refractivity contribution in [3.63, 3.8) is 0 Å². The molecule has 10 atom stereocenters. The summed E-state index contributed by atoms with van der Waals surface area (Å²) in [6.45, 7) is 22.7. The van der Waals surface area contributed by atoms with Crippen molar-refractivity contribution in [2.45, 2.75) is 181 Å². The van der Waals surface area contributed by atoms with Gasteiger partial charge < -0.3 is 55.2 Å². The normalized spacial score (nSPS) is 25.2. The fraction of sp³-hybridized carbons (Fsp3) is 0.603. The van der Waals surface area contributed by atoms with Gasteiger partial charge in [-0.05, 0) is 107 Å². The first kappa shape index (κ1) is 70.7. The number of nitrogens with one attached hydrogen (secondary N) is 3. The summed E-state index contributed by atoms with van der Waals surface area (Å²) in [7, 11) is 5.58. The Hall–Kier alpha value is -7.39. The fourth-order valence-electron chi connectivity index (χ4n) is 12.2. The van der Waals surface area contributed by atoms with E-state index in [0.29, 0.717) is 36.4 Å². The third-order valence-corrected chi connectivity index (χ3v) is 18.3. The van der Waals surface area contributed by atoms with Crippen molar-refractivity contribution in [1.29, 1.82) is 0 Å². The summed E-state index contributed by atoms with van der Waals surface area (Å²) in [4.78, 5) is 144. The van der Waals surface area contributed by atoms with Gasteiger partial charge in [0.1, 0.15) is 36.3 Å². The van der Waals surface area contributed by atoms with E-state index in [1.54, 1.807) is 45.0 Å². The molecule has 4 N–H and O–H groups in total. The largest absolute Gasteiger partial charge is 0.450 e. The first-order chi connectivity index (χ1) is 42.0. The number of piperazine rings is 1. The van der Waals surface area contributed by atoms with E-state index in [-0.39, 0.29) is 38.1 Å². The van der Waals surface area contributed by atoms with Crippen LogP contribution < -0.4 is 20.9 Å². The van der Waals surface area contributed by atoms with Crippen LogP contribution in [0.2, 0.25) is 0 Å². The molecule has 3 fully saturated rings. The Labute approximate surface area is 527 Å². The van der Waals surface area contributed by atoms with Crippen molar-refractivity contribution in [2.24, 2.45) is 17.8 Å². The average Bonchev–Trinajstić information content (AvgIpc) is 3.59. The number of benzene rings is 3. The molecule has 3 aromatic rings. The van der Waals surface area contributed by atoms with Gasteiger partial charge in [0.05, 0.1) is 12.1 Å². The van der Waals surface area contributed by atoms with Gasteiger partial charge in [0, 0.05) is 91.4 Å². The van der Waals surface area contributed by atoms with E-state index in [2.05, 4.69) is 63.9 Å². The standard InChI is InChI=1S/C68H100N10O11/c1-16-44(7)57-65(85)73(13)46(9)60(80)70-52(37-42(3)4)63(83)75(15)59(68(10,11)88)67(87)89-58(45(8)17-2)66(86)72(12)41-56(79)69-53(39-47-23-19-18-20-24-47)62(82)74(14)55(64(84)78-32-22-27-54(78)61(81)71-57)40-48-25-21-26-50(38-48)49-28-30-51(31-29-49)77-35-33-76(34-36-77)43(5)6/h18-21,23-26,28-31,38,42-46,52-55,57-59,88H,16-17,22,27,32-37,39-41H2,1-15H3,(H,69,79)(H,70,80)(H,71,81)/t44?,45-,46+,52+,53?,54+,55?,57+,58?,59-/m1/s1. The van der Waals surface area contributed by atoms with Crippen LogP contribution in [0.15, 0.2) is 78.9 Å². The first-order valence-electron chi connectivity index (χ1n) is 31.9. The lowest BCUT2D eigenvalue weighted by atomic mass is 9.94. The molecule has 21 heteroatoms. The molecule has 488 valence electrons. The zero-order chi connectivity index (χ0) is 65.8. The van der Waals surface area contributed by atoms with Crippen LogP contribution in [0, 0.1) is 17.8 Å². The molecule has 4 unspecified atom stereocenters. The number of esters is 1. The number of amides is 8. The van der Waals surface area contributed by atoms with Crippen molar-refractivity contribution < 1.29 is 53.0 Å². The number of fused-ring (bicyclic) bond motifs is 1. The van der Waals surface area contributed by atoms with Gasteiger partial charge in [-0.25, -0.2) is 4.79 Å². The van der Waals surface area contributed by atoms with Gasteiger partial charge in [0.25, 0.3) is 5.91 Å². The molecule has 3 aliphatic heterocycles. The number of nitrogens with zero attached hydrogens (tertiary/aromatic N) is 7. The number of ether oxygens (including phenoxy) is 1. The molecule has 8 amide bonds. The van der Waals surface area contributed by atoms with Crippen LogP contribution in [0.25, 0.3) is 11.1 Å². The van der Waals surface area contributed by atoms with Crippen molar-refractivity contribution in [1.82, 2.24) is 45.3 Å². The van der Waals surface area contributed by atoms with E-state index in [4.69, 9.17) is 4.74 Å². The number of cyclic esters (lactones) is 1. The third-order valence-electron chi connectivity index (χ3n) is 18.3. The van der Waals surface area contributed by atoms with Crippen LogP contribution in [0.1, 0.15) is 119 Å². The second-order valence-electron chi connectivity index (χ2n) is 26.2. The lowest BCUT2D eigenvalue weighted by molar-refractivity contribution is -0.176. The number of hydrogen-bond donors (Lipinski definition) is 4. The van der Waals surface area contributed by atoms with E-state index in [1.807, 2.05) is 51.1 Å². The monoisotopic (exact) mass is 1230 g/mol. The molecule has 0 bridgehead atoms. The van der Waals surface area contributed by atoms with E-state index in [1.165, 1.54) is 63.7 Å². The zero-order valence-corrected chi connectivity index (χ0v) is 55.3. The van der Waals surface area contributed by atoms with Gasteiger partial charge in [-0.2, -0.15) is 0 Å². The van der Waals surface area contributed by atoms with Gasteiger partial charge in [0.2, 0.25) is 41.4 Å². The van der Waals surface area contributed by atoms with E-state index >= 15 is 9.59 Å². The number of carbonyl (C=O) groups excluding carboxylic acids is 9. The zero-order valence-electron chi connectivity index (χ0n) is 55.3. The number of anilines is 1. The maximum Gasteiger partial charge on any atom is 0.332 e. The molecular formula is C68H100N10O11. The number of likely N-dealkylation sites (N-methyl/N-ethyl adjacent to an activating group) is 4.